The van der Waals surface area contributed by atoms with Gasteiger partial charge in [0.1, 0.15) is 11.2 Å². The van der Waals surface area contributed by atoms with Crippen molar-refractivity contribution in [2.45, 2.75) is 0 Å². The predicted molar refractivity (Wildman–Crippen MR) is 169 cm³/mol. The summed E-state index contributed by atoms with van der Waals surface area (Å²) >= 11 is 0. The number of hydrogen-bond acceptors (Lipinski definition) is 2. The van der Waals surface area contributed by atoms with E-state index in [4.69, 9.17) is 4.42 Å². The summed E-state index contributed by atoms with van der Waals surface area (Å²) in [7, 11) is 0. The number of anilines is 3. The Hall–Kier alpha value is -5.34. The van der Waals surface area contributed by atoms with E-state index in [1.165, 1.54) is 32.7 Å². The smallest absolute Gasteiger partial charge is 0.135 e. The van der Waals surface area contributed by atoms with Gasteiger partial charge in [0, 0.05) is 27.5 Å². The topological polar surface area (TPSA) is 16.4 Å². The van der Waals surface area contributed by atoms with Crippen LogP contribution in [0.4, 0.5) is 17.1 Å². The molecule has 8 aromatic rings. The number of nitrogens with zero attached hydrogens (tertiary/aromatic N) is 1. The fourth-order valence-corrected chi connectivity index (χ4v) is 5.96. The van der Waals surface area contributed by atoms with E-state index in [0.29, 0.717) is 0 Å². The highest BCUT2D eigenvalue weighted by Crippen LogP contribution is 2.44. The van der Waals surface area contributed by atoms with Gasteiger partial charge in [0.05, 0.1) is 5.69 Å². The first kappa shape index (κ1) is 22.6. The number of fused-ring (bicyclic) bond motifs is 5. The molecule has 8 rings (SSSR count). The molecule has 0 aliphatic carbocycles. The Bertz CT molecular complexity index is 2170. The Morgan fingerprint density at radius 3 is 2.05 bits per heavy atom. The lowest BCUT2D eigenvalue weighted by atomic mass is 9.94. The average Bonchev–Trinajstić information content (AvgIpc) is 3.39. The van der Waals surface area contributed by atoms with Crippen molar-refractivity contribution in [2.75, 3.05) is 4.90 Å². The molecule has 0 N–H and O–H groups in total. The molecule has 0 fully saturated rings. The molecule has 0 bridgehead atoms. The van der Waals surface area contributed by atoms with E-state index < -0.39 is 0 Å². The zero-order valence-electron chi connectivity index (χ0n) is 21.8. The van der Waals surface area contributed by atoms with Crippen molar-refractivity contribution in [3.05, 3.63) is 152 Å². The van der Waals surface area contributed by atoms with Gasteiger partial charge in [-0.2, -0.15) is 0 Å². The number of hydrogen-bond donors (Lipinski definition) is 0. The summed E-state index contributed by atoms with van der Waals surface area (Å²) in [6.45, 7) is 0. The lowest BCUT2D eigenvalue weighted by Gasteiger charge is -2.28. The number of furan rings is 1. The maximum absolute atomic E-state index is 6.16. The van der Waals surface area contributed by atoms with Crippen LogP contribution in [0.5, 0.6) is 0 Å². The first-order chi connectivity index (χ1) is 19.8. The van der Waals surface area contributed by atoms with Gasteiger partial charge in [-0.05, 0) is 75.8 Å². The Kier molecular flexibility index (Phi) is 5.17. The third-order valence-corrected chi connectivity index (χ3v) is 7.82. The van der Waals surface area contributed by atoms with Crippen LogP contribution in [0.25, 0.3) is 54.6 Å². The second kappa shape index (κ2) is 9.14. The molecule has 0 saturated heterocycles. The molecule has 0 aliphatic rings. The minimum absolute atomic E-state index is 0.896. The van der Waals surface area contributed by atoms with Crippen molar-refractivity contribution in [1.82, 2.24) is 0 Å². The summed E-state index contributed by atoms with van der Waals surface area (Å²) in [6.07, 6.45) is 0. The average molecular weight is 512 g/mol. The molecule has 1 aromatic heterocycles. The van der Waals surface area contributed by atoms with Gasteiger partial charge in [0.2, 0.25) is 0 Å². The largest absolute Gasteiger partial charge is 0.456 e. The summed E-state index contributed by atoms with van der Waals surface area (Å²) in [5.74, 6) is 0. The molecule has 1 heterocycles. The Balaban J connectivity index is 1.41. The zero-order chi connectivity index (χ0) is 26.5. The van der Waals surface area contributed by atoms with Crippen LogP contribution in [0.15, 0.2) is 156 Å². The normalized spacial score (nSPS) is 11.5. The lowest BCUT2D eigenvalue weighted by Crippen LogP contribution is -2.10. The second-order valence-corrected chi connectivity index (χ2v) is 10.2. The molecule has 188 valence electrons. The highest BCUT2D eigenvalue weighted by Gasteiger charge is 2.19. The van der Waals surface area contributed by atoms with Gasteiger partial charge in [-0.25, -0.2) is 0 Å². The molecule has 7 aromatic carbocycles. The van der Waals surface area contributed by atoms with E-state index in [0.717, 1.165) is 39.0 Å². The summed E-state index contributed by atoms with van der Waals surface area (Å²) in [5, 5.41) is 7.16. The summed E-state index contributed by atoms with van der Waals surface area (Å²) in [5.41, 5.74) is 7.56. The Labute approximate surface area is 232 Å². The van der Waals surface area contributed by atoms with Crippen molar-refractivity contribution in [1.29, 1.82) is 0 Å². The molecule has 2 heteroatoms. The lowest BCUT2D eigenvalue weighted by molar-refractivity contribution is 0.669. The molecule has 0 unspecified atom stereocenters. The van der Waals surface area contributed by atoms with Gasteiger partial charge < -0.3 is 9.32 Å². The van der Waals surface area contributed by atoms with Crippen molar-refractivity contribution in [3.8, 4) is 11.1 Å². The van der Waals surface area contributed by atoms with Crippen LogP contribution in [0.3, 0.4) is 0 Å². The minimum Gasteiger partial charge on any atom is -0.456 e. The maximum atomic E-state index is 6.16. The zero-order valence-corrected chi connectivity index (χ0v) is 21.8. The molecule has 40 heavy (non-hydrogen) atoms. The molecule has 0 radical (unpaired) electrons. The minimum atomic E-state index is 0.896. The van der Waals surface area contributed by atoms with Gasteiger partial charge in [-0.1, -0.05) is 103 Å². The fraction of sp³-hybridized carbons (Fsp3) is 0. The monoisotopic (exact) mass is 511 g/mol. The van der Waals surface area contributed by atoms with E-state index in [9.17, 15) is 0 Å². The van der Waals surface area contributed by atoms with Crippen LogP contribution >= 0.6 is 0 Å². The van der Waals surface area contributed by atoms with Crippen LogP contribution in [0.1, 0.15) is 0 Å². The molecule has 0 aliphatic heterocycles. The highest BCUT2D eigenvalue weighted by molar-refractivity contribution is 6.10. The molecule has 2 nitrogen and oxygen atoms in total. The molecular formula is C38H25NO. The second-order valence-electron chi connectivity index (χ2n) is 10.2. The van der Waals surface area contributed by atoms with Crippen LogP contribution in [-0.2, 0) is 0 Å². The first-order valence-corrected chi connectivity index (χ1v) is 13.6. The standard InChI is InChI=1S/C38H25NO/c1-2-14-30(15-3-1)39(31-22-23-37-34(25-31)33-16-6-7-19-36(33)40-37)35-18-9-13-27-12-8-17-32(38(27)35)29-21-20-26-10-4-5-11-28(26)24-29/h1-25H. The van der Waals surface area contributed by atoms with E-state index in [-0.39, 0.29) is 0 Å². The van der Waals surface area contributed by atoms with E-state index in [1.807, 2.05) is 12.1 Å². The highest BCUT2D eigenvalue weighted by atomic mass is 16.3. The van der Waals surface area contributed by atoms with Crippen LogP contribution in [-0.4, -0.2) is 0 Å². The van der Waals surface area contributed by atoms with Gasteiger partial charge in [-0.3, -0.25) is 0 Å². The molecule has 0 saturated carbocycles. The SMILES string of the molecule is c1ccc(N(c2ccc3oc4ccccc4c3c2)c2cccc3cccc(-c4ccc5ccccc5c4)c23)cc1. The van der Waals surface area contributed by atoms with E-state index >= 15 is 0 Å². The van der Waals surface area contributed by atoms with Crippen molar-refractivity contribution < 1.29 is 4.42 Å². The Morgan fingerprint density at radius 1 is 0.425 bits per heavy atom. The molecular weight excluding hydrogens is 486 g/mol. The van der Waals surface area contributed by atoms with Crippen molar-refractivity contribution in [3.63, 3.8) is 0 Å². The first-order valence-electron chi connectivity index (χ1n) is 13.6. The molecule has 0 spiro atoms. The summed E-state index contributed by atoms with van der Waals surface area (Å²) < 4.78 is 6.16. The maximum Gasteiger partial charge on any atom is 0.135 e. The Morgan fingerprint density at radius 2 is 1.15 bits per heavy atom. The van der Waals surface area contributed by atoms with Gasteiger partial charge in [-0.15, -0.1) is 0 Å². The number of para-hydroxylation sites is 2. The fourth-order valence-electron chi connectivity index (χ4n) is 5.96. The summed E-state index contributed by atoms with van der Waals surface area (Å²) in [6, 6.07) is 53.9. The predicted octanol–water partition coefficient (Wildman–Crippen LogP) is 11.0. The molecule has 0 amide bonds. The number of rotatable bonds is 4. The van der Waals surface area contributed by atoms with Gasteiger partial charge >= 0.3 is 0 Å². The van der Waals surface area contributed by atoms with Crippen LogP contribution < -0.4 is 4.90 Å². The summed E-state index contributed by atoms with van der Waals surface area (Å²) in [4.78, 5) is 2.37. The van der Waals surface area contributed by atoms with Crippen LogP contribution in [0, 0.1) is 0 Å². The third kappa shape index (κ3) is 3.65. The number of benzene rings is 7. The quantitative estimate of drug-likeness (QED) is 0.234. The van der Waals surface area contributed by atoms with E-state index in [2.05, 4.69) is 144 Å². The van der Waals surface area contributed by atoms with Gasteiger partial charge in [0.25, 0.3) is 0 Å². The molecule has 0 atom stereocenters. The van der Waals surface area contributed by atoms with Crippen molar-refractivity contribution >= 4 is 60.5 Å². The van der Waals surface area contributed by atoms with Crippen LogP contribution in [0.2, 0.25) is 0 Å². The third-order valence-electron chi connectivity index (χ3n) is 7.82. The van der Waals surface area contributed by atoms with Gasteiger partial charge in [0.15, 0.2) is 0 Å². The van der Waals surface area contributed by atoms with E-state index in [1.54, 1.807) is 0 Å². The van der Waals surface area contributed by atoms with Crippen molar-refractivity contribution in [2.24, 2.45) is 0 Å².